The molecule has 2 atom stereocenters. The summed E-state index contributed by atoms with van der Waals surface area (Å²) in [5.41, 5.74) is 1.42. The lowest BCUT2D eigenvalue weighted by atomic mass is 9.67. The second-order valence-electron chi connectivity index (χ2n) is 6.31. The summed E-state index contributed by atoms with van der Waals surface area (Å²) >= 11 is 0. The molecule has 16 heavy (non-hydrogen) atoms. The van der Waals surface area contributed by atoms with Gasteiger partial charge >= 0.3 is 5.97 Å². The average Bonchev–Trinajstić information content (AvgIpc) is 1.95. The van der Waals surface area contributed by atoms with Gasteiger partial charge in [-0.05, 0) is 49.9 Å². The molecule has 1 N–H and O–H groups in total. The molecule has 92 valence electrons. The summed E-state index contributed by atoms with van der Waals surface area (Å²) in [4.78, 5) is 10.6. The predicted octanol–water partition coefficient (Wildman–Crippen LogP) is 3.87. The lowest BCUT2D eigenvalue weighted by Crippen LogP contribution is -2.27. The van der Waals surface area contributed by atoms with Gasteiger partial charge in [0.25, 0.3) is 0 Å². The highest BCUT2D eigenvalue weighted by Crippen LogP contribution is 2.43. The maximum Gasteiger partial charge on any atom is 0.328 e. The minimum Gasteiger partial charge on any atom is -0.478 e. The van der Waals surface area contributed by atoms with E-state index in [2.05, 4.69) is 20.8 Å². The minimum absolute atomic E-state index is 0.422. The minimum atomic E-state index is -0.819. The van der Waals surface area contributed by atoms with E-state index < -0.39 is 5.97 Å². The summed E-state index contributed by atoms with van der Waals surface area (Å²) in [7, 11) is 0. The van der Waals surface area contributed by atoms with E-state index in [9.17, 15) is 4.79 Å². The molecule has 0 radical (unpaired) electrons. The van der Waals surface area contributed by atoms with Gasteiger partial charge in [0.2, 0.25) is 0 Å². The van der Waals surface area contributed by atoms with E-state index in [-0.39, 0.29) is 0 Å². The van der Waals surface area contributed by atoms with E-state index in [0.29, 0.717) is 11.3 Å². The lowest BCUT2D eigenvalue weighted by Gasteiger charge is -2.39. The number of carbonyl (C=O) groups is 1. The second kappa shape index (κ2) is 5.03. The zero-order valence-corrected chi connectivity index (χ0v) is 10.9. The largest absolute Gasteiger partial charge is 0.478 e. The zero-order chi connectivity index (χ0) is 12.3. The number of allylic oxidation sites excluding steroid dienone is 1. The lowest BCUT2D eigenvalue weighted by molar-refractivity contribution is -0.131. The van der Waals surface area contributed by atoms with Crippen LogP contribution in [0.1, 0.15) is 53.4 Å². The molecule has 0 spiro atoms. The van der Waals surface area contributed by atoms with Crippen molar-refractivity contribution in [2.45, 2.75) is 53.4 Å². The van der Waals surface area contributed by atoms with Crippen molar-refractivity contribution in [3.8, 4) is 0 Å². The van der Waals surface area contributed by atoms with Gasteiger partial charge in [-0.1, -0.05) is 26.3 Å². The first-order valence-corrected chi connectivity index (χ1v) is 6.18. The van der Waals surface area contributed by atoms with Crippen molar-refractivity contribution >= 4 is 5.97 Å². The topological polar surface area (TPSA) is 37.3 Å². The summed E-state index contributed by atoms with van der Waals surface area (Å²) in [5, 5.41) is 8.69. The summed E-state index contributed by atoms with van der Waals surface area (Å²) in [6.45, 7) is 8.89. The van der Waals surface area contributed by atoms with E-state index in [1.165, 1.54) is 25.3 Å². The fourth-order valence-electron chi connectivity index (χ4n) is 3.42. The van der Waals surface area contributed by atoms with Crippen molar-refractivity contribution < 1.29 is 9.90 Å². The second-order valence-corrected chi connectivity index (χ2v) is 6.31. The quantitative estimate of drug-likeness (QED) is 0.739. The molecule has 0 amide bonds. The van der Waals surface area contributed by atoms with E-state index in [4.69, 9.17) is 5.11 Å². The standard InChI is InChI=1S/C14H24O2/c1-10(7-13(15)16)5-12-6-11(2)8-14(3,4)9-12/h7,11-12H,5-6,8-9H2,1-4H3,(H,15,16). The Morgan fingerprint density at radius 2 is 2.06 bits per heavy atom. The molecule has 1 saturated carbocycles. The summed E-state index contributed by atoms with van der Waals surface area (Å²) < 4.78 is 0. The fraction of sp³-hybridized carbons (Fsp3) is 0.786. The molecular weight excluding hydrogens is 200 g/mol. The predicted molar refractivity (Wildman–Crippen MR) is 66.3 cm³/mol. The molecule has 2 heteroatoms. The number of rotatable bonds is 3. The Hall–Kier alpha value is -0.790. The van der Waals surface area contributed by atoms with Crippen molar-refractivity contribution in [1.82, 2.24) is 0 Å². The first kappa shape index (κ1) is 13.3. The van der Waals surface area contributed by atoms with Crippen LogP contribution in [0.4, 0.5) is 0 Å². The maximum atomic E-state index is 10.6. The van der Waals surface area contributed by atoms with Gasteiger partial charge in [-0.3, -0.25) is 0 Å². The summed E-state index contributed by atoms with van der Waals surface area (Å²) in [6, 6.07) is 0. The van der Waals surface area contributed by atoms with E-state index in [1.54, 1.807) is 0 Å². The first-order chi connectivity index (χ1) is 7.28. The molecule has 0 aromatic rings. The van der Waals surface area contributed by atoms with Gasteiger partial charge in [-0.15, -0.1) is 0 Å². The van der Waals surface area contributed by atoms with Crippen molar-refractivity contribution in [2.75, 3.05) is 0 Å². The number of carboxylic acids is 1. The van der Waals surface area contributed by atoms with Crippen molar-refractivity contribution in [1.29, 1.82) is 0 Å². The third-order valence-electron chi connectivity index (χ3n) is 3.46. The van der Waals surface area contributed by atoms with Gasteiger partial charge in [-0.25, -0.2) is 4.79 Å². The van der Waals surface area contributed by atoms with Crippen molar-refractivity contribution in [3.63, 3.8) is 0 Å². The zero-order valence-electron chi connectivity index (χ0n) is 10.9. The third kappa shape index (κ3) is 4.38. The average molecular weight is 224 g/mol. The van der Waals surface area contributed by atoms with Crippen LogP contribution in [0, 0.1) is 17.3 Å². The molecule has 0 aromatic heterocycles. The van der Waals surface area contributed by atoms with Crippen LogP contribution in [0.5, 0.6) is 0 Å². The fourth-order valence-corrected chi connectivity index (χ4v) is 3.42. The number of hydrogen-bond donors (Lipinski definition) is 1. The van der Waals surface area contributed by atoms with Crippen molar-refractivity contribution in [3.05, 3.63) is 11.6 Å². The van der Waals surface area contributed by atoms with E-state index in [1.807, 2.05) is 6.92 Å². The van der Waals surface area contributed by atoms with Crippen LogP contribution in [0.3, 0.4) is 0 Å². The van der Waals surface area contributed by atoms with Gasteiger partial charge < -0.3 is 5.11 Å². The monoisotopic (exact) mass is 224 g/mol. The number of aliphatic carboxylic acids is 1. The summed E-state index contributed by atoms with van der Waals surface area (Å²) in [6.07, 6.45) is 6.06. The van der Waals surface area contributed by atoms with Crippen LogP contribution >= 0.6 is 0 Å². The van der Waals surface area contributed by atoms with Gasteiger partial charge in [0.15, 0.2) is 0 Å². The highest BCUT2D eigenvalue weighted by atomic mass is 16.4. The molecule has 0 heterocycles. The molecule has 0 aromatic carbocycles. The van der Waals surface area contributed by atoms with E-state index in [0.717, 1.165) is 17.9 Å². The normalized spacial score (nSPS) is 30.1. The molecule has 1 fully saturated rings. The highest BCUT2D eigenvalue weighted by Gasteiger charge is 2.31. The van der Waals surface area contributed by atoms with Crippen LogP contribution in [-0.4, -0.2) is 11.1 Å². The van der Waals surface area contributed by atoms with Crippen LogP contribution < -0.4 is 0 Å². The first-order valence-electron chi connectivity index (χ1n) is 6.18. The molecule has 1 aliphatic carbocycles. The molecule has 1 aliphatic rings. The molecule has 0 bridgehead atoms. The molecule has 0 aliphatic heterocycles. The highest BCUT2D eigenvalue weighted by molar-refractivity contribution is 5.80. The Labute approximate surface area is 98.7 Å². The number of carboxylic acid groups (broad SMARTS) is 1. The SMILES string of the molecule is CC(=CC(=O)O)CC1CC(C)CC(C)(C)C1. The molecular formula is C14H24O2. The molecule has 2 nitrogen and oxygen atoms in total. The van der Waals surface area contributed by atoms with Gasteiger partial charge in [0.1, 0.15) is 0 Å². The third-order valence-corrected chi connectivity index (χ3v) is 3.46. The Morgan fingerprint density at radius 3 is 2.56 bits per heavy atom. The van der Waals surface area contributed by atoms with Crippen LogP contribution in [0.25, 0.3) is 0 Å². The molecule has 1 rings (SSSR count). The van der Waals surface area contributed by atoms with Crippen LogP contribution in [0.15, 0.2) is 11.6 Å². The Bertz CT molecular complexity index is 289. The molecule has 0 saturated heterocycles. The Balaban J connectivity index is 2.58. The van der Waals surface area contributed by atoms with Gasteiger partial charge in [0, 0.05) is 6.08 Å². The van der Waals surface area contributed by atoms with Crippen LogP contribution in [-0.2, 0) is 4.79 Å². The van der Waals surface area contributed by atoms with Gasteiger partial charge in [0.05, 0.1) is 0 Å². The molecule has 2 unspecified atom stereocenters. The summed E-state index contributed by atoms with van der Waals surface area (Å²) in [5.74, 6) is 0.612. The van der Waals surface area contributed by atoms with E-state index >= 15 is 0 Å². The van der Waals surface area contributed by atoms with Crippen LogP contribution in [0.2, 0.25) is 0 Å². The maximum absolute atomic E-state index is 10.6. The smallest absolute Gasteiger partial charge is 0.328 e. The Kier molecular flexibility index (Phi) is 4.17. The van der Waals surface area contributed by atoms with Crippen molar-refractivity contribution in [2.24, 2.45) is 17.3 Å². The van der Waals surface area contributed by atoms with Gasteiger partial charge in [-0.2, -0.15) is 0 Å². The Morgan fingerprint density at radius 1 is 1.44 bits per heavy atom. The number of hydrogen-bond acceptors (Lipinski definition) is 1.